The lowest BCUT2D eigenvalue weighted by Gasteiger charge is -2.62. The molecule has 4 aliphatic rings. The number of aromatic nitrogens is 2. The van der Waals surface area contributed by atoms with Gasteiger partial charge in [-0.3, -0.25) is 19.4 Å². The number of esters is 2. The van der Waals surface area contributed by atoms with Crippen molar-refractivity contribution in [3.8, 4) is 0 Å². The van der Waals surface area contributed by atoms with E-state index in [1.165, 1.54) is 24.3 Å². The Balaban J connectivity index is 0.850. The normalized spacial score (nSPS) is 30.3. The summed E-state index contributed by atoms with van der Waals surface area (Å²) in [6.45, 7) is 4.32. The number of aliphatic hydroxyl groups excluding tert-OH is 1. The van der Waals surface area contributed by atoms with Crippen LogP contribution in [0.1, 0.15) is 84.3 Å². The quantitative estimate of drug-likeness (QED) is 0.133. The lowest BCUT2D eigenvalue weighted by Crippen LogP contribution is -2.69. The second-order valence-corrected chi connectivity index (χ2v) is 17.6. The van der Waals surface area contributed by atoms with Gasteiger partial charge in [0.05, 0.1) is 17.6 Å². The maximum atomic E-state index is 17.5. The highest BCUT2D eigenvalue weighted by atomic mass is 19.1. The fraction of sp³-hybridized carbons (Fsp3) is 0.396. The molecule has 62 heavy (non-hydrogen) atoms. The predicted octanol–water partition coefficient (Wildman–Crippen LogP) is 5.74. The minimum Gasteiger partial charge on any atom is -0.457 e. The zero-order valence-corrected chi connectivity index (χ0v) is 34.7. The number of rotatable bonds is 11. The number of ketones is 2. The van der Waals surface area contributed by atoms with E-state index in [1.54, 1.807) is 69.6 Å². The van der Waals surface area contributed by atoms with E-state index in [2.05, 4.69) is 15.3 Å². The van der Waals surface area contributed by atoms with E-state index in [9.17, 15) is 34.2 Å². The lowest BCUT2D eigenvalue weighted by atomic mass is 9.44. The van der Waals surface area contributed by atoms with Crippen LogP contribution in [-0.4, -0.2) is 80.1 Å². The molecule has 3 fully saturated rings. The minimum absolute atomic E-state index is 0.0569. The van der Waals surface area contributed by atoms with E-state index < -0.39 is 76.2 Å². The summed E-state index contributed by atoms with van der Waals surface area (Å²) >= 11 is 0. The smallest absolute Gasteiger partial charge is 0.357 e. The van der Waals surface area contributed by atoms with Crippen LogP contribution in [0.25, 0.3) is 10.8 Å². The third-order valence-corrected chi connectivity index (χ3v) is 14.4. The van der Waals surface area contributed by atoms with E-state index in [0.717, 1.165) is 17.0 Å². The van der Waals surface area contributed by atoms with Gasteiger partial charge in [-0.25, -0.2) is 19.0 Å². The zero-order chi connectivity index (χ0) is 44.2. The molecule has 0 aliphatic heterocycles. The summed E-state index contributed by atoms with van der Waals surface area (Å²) in [7, 11) is 0. The number of ether oxygens (including phenoxy) is 2. The maximum Gasteiger partial charge on any atom is 0.357 e. The molecule has 0 saturated heterocycles. The molecule has 0 spiro atoms. The van der Waals surface area contributed by atoms with Gasteiger partial charge in [-0.2, -0.15) is 0 Å². The van der Waals surface area contributed by atoms with Crippen molar-refractivity contribution in [3.05, 3.63) is 125 Å². The first kappa shape index (κ1) is 42.7. The van der Waals surface area contributed by atoms with Gasteiger partial charge in [-0.1, -0.05) is 55.8 Å². The molecule has 1 amide bonds. The standard InChI is InChI=1S/C48H49FN4O9/c1-27-18-38-37-12-10-33-20-35(54)14-16-45(33,2)47(37,49)40(55)21-46(38,3)48(27,60)41(56)26-62-44(59)39-13-9-32(24-52-39)43(58)61-25-28-4-6-29(7-5-28)36(22-50)42(57)53-34-11-8-31-23-51-17-15-30(31)19-34/h4-9,11,13-17,19-20,23-24,27,36-38,40,55,60H,10,12,18,21-22,25-26,50H2,1-3H3,(H,53,57)/t27-,36-,37+,38+,40+,45+,46+,47+,48+/m1/s1. The molecule has 0 unspecified atom stereocenters. The highest BCUT2D eigenvalue weighted by Crippen LogP contribution is 2.70. The first-order valence-electron chi connectivity index (χ1n) is 20.8. The molecule has 14 heteroatoms. The van der Waals surface area contributed by atoms with E-state index in [1.807, 2.05) is 18.2 Å². The summed E-state index contributed by atoms with van der Waals surface area (Å²) in [5.41, 5.74) is 1.87. The lowest BCUT2D eigenvalue weighted by molar-refractivity contribution is -0.219. The van der Waals surface area contributed by atoms with E-state index in [4.69, 9.17) is 15.2 Å². The minimum atomic E-state index is -2.12. The van der Waals surface area contributed by atoms with Crippen LogP contribution in [0.15, 0.2) is 103 Å². The van der Waals surface area contributed by atoms with E-state index >= 15 is 4.39 Å². The Morgan fingerprint density at radius 2 is 1.76 bits per heavy atom. The summed E-state index contributed by atoms with van der Waals surface area (Å²) in [6, 6.07) is 17.0. The highest BCUT2D eigenvalue weighted by Gasteiger charge is 2.75. The molecule has 9 atom stereocenters. The van der Waals surface area contributed by atoms with Gasteiger partial charge in [0.25, 0.3) is 0 Å². The second-order valence-electron chi connectivity index (χ2n) is 17.6. The molecule has 3 saturated carbocycles. The first-order valence-corrected chi connectivity index (χ1v) is 20.8. The number of nitrogens with two attached hydrogens (primary N) is 1. The molecule has 322 valence electrons. The number of halogens is 1. The zero-order valence-electron chi connectivity index (χ0n) is 34.7. The Kier molecular flexibility index (Phi) is 11.1. The van der Waals surface area contributed by atoms with Crippen molar-refractivity contribution in [3.63, 3.8) is 0 Å². The molecule has 13 nitrogen and oxygen atoms in total. The Hall–Kier alpha value is -5.96. The van der Waals surface area contributed by atoms with Crippen LogP contribution in [0, 0.1) is 28.6 Å². The third kappa shape index (κ3) is 6.94. The Morgan fingerprint density at radius 3 is 2.48 bits per heavy atom. The molecule has 5 N–H and O–H groups in total. The molecule has 2 aromatic carbocycles. The molecule has 0 bridgehead atoms. The van der Waals surface area contributed by atoms with Crippen molar-refractivity contribution in [1.82, 2.24) is 9.97 Å². The number of aliphatic hydroxyl groups is 2. The number of nitrogens with one attached hydrogen (secondary N) is 1. The first-order chi connectivity index (χ1) is 29.5. The van der Waals surface area contributed by atoms with Gasteiger partial charge in [-0.05, 0) is 103 Å². The van der Waals surface area contributed by atoms with Gasteiger partial charge < -0.3 is 30.7 Å². The summed E-state index contributed by atoms with van der Waals surface area (Å²) in [6.07, 6.45) is 8.28. The molecule has 4 aliphatic carbocycles. The SMILES string of the molecule is C[C@@H]1C[C@H]2[C@@H]3CCC4=CC(=O)C=C[C@]4(C)[C@@]3(F)[C@@H](O)C[C@]2(C)[C@@]1(O)C(=O)COC(=O)c1ccc(C(=O)OCc2ccc([C@@H](CN)C(=O)Nc3ccc4cnccc4c3)cc2)cn1. The molecule has 2 heterocycles. The second kappa shape index (κ2) is 16.1. The van der Waals surface area contributed by atoms with E-state index in [0.29, 0.717) is 41.6 Å². The maximum absolute atomic E-state index is 17.5. The number of hydrogen-bond acceptors (Lipinski definition) is 12. The largest absolute Gasteiger partial charge is 0.457 e. The number of benzene rings is 2. The van der Waals surface area contributed by atoms with Gasteiger partial charge in [-0.15, -0.1) is 0 Å². The molecule has 0 radical (unpaired) electrons. The van der Waals surface area contributed by atoms with Gasteiger partial charge >= 0.3 is 11.9 Å². The molecular formula is C48H49FN4O9. The van der Waals surface area contributed by atoms with Crippen LogP contribution in [0.3, 0.4) is 0 Å². The van der Waals surface area contributed by atoms with Gasteiger partial charge in [0, 0.05) is 53.0 Å². The summed E-state index contributed by atoms with van der Waals surface area (Å²) in [5.74, 6) is -5.35. The van der Waals surface area contributed by atoms with Crippen molar-refractivity contribution in [2.45, 2.75) is 76.4 Å². The number of anilines is 1. The number of carbonyl (C=O) groups is 5. The number of hydrogen-bond donors (Lipinski definition) is 4. The van der Waals surface area contributed by atoms with Crippen molar-refractivity contribution < 1.29 is 48.0 Å². The van der Waals surface area contributed by atoms with Crippen LogP contribution in [0.4, 0.5) is 10.1 Å². The number of carbonyl (C=O) groups excluding carboxylic acids is 5. The van der Waals surface area contributed by atoms with Crippen LogP contribution in [0.2, 0.25) is 0 Å². The van der Waals surface area contributed by atoms with Crippen LogP contribution in [-0.2, 0) is 30.5 Å². The van der Waals surface area contributed by atoms with Crippen LogP contribution >= 0.6 is 0 Å². The number of fused-ring (bicyclic) bond motifs is 6. The average molecular weight is 845 g/mol. The Bertz CT molecular complexity index is 2530. The number of Topliss-reactive ketones (excluding diaryl/α,β-unsaturated/α-hetero) is 1. The molecule has 4 aromatic rings. The van der Waals surface area contributed by atoms with Gasteiger partial charge in [0.2, 0.25) is 11.7 Å². The van der Waals surface area contributed by atoms with Crippen LogP contribution in [0.5, 0.6) is 0 Å². The van der Waals surface area contributed by atoms with Gasteiger partial charge in [0.15, 0.2) is 18.1 Å². The Labute approximate surface area is 357 Å². The third-order valence-electron chi connectivity index (χ3n) is 14.4. The number of amides is 1. The topological polar surface area (TPSA) is 208 Å². The van der Waals surface area contributed by atoms with Gasteiger partial charge in [0.1, 0.15) is 17.9 Å². The summed E-state index contributed by atoms with van der Waals surface area (Å²) < 4.78 is 28.3. The number of nitrogens with zero attached hydrogens (tertiary/aromatic N) is 2. The average Bonchev–Trinajstić information content (AvgIpc) is 3.47. The van der Waals surface area contributed by atoms with Crippen molar-refractivity contribution in [1.29, 1.82) is 0 Å². The van der Waals surface area contributed by atoms with Crippen LogP contribution < -0.4 is 11.1 Å². The fourth-order valence-corrected chi connectivity index (χ4v) is 11.0. The fourth-order valence-electron chi connectivity index (χ4n) is 11.0. The highest BCUT2D eigenvalue weighted by molar-refractivity contribution is 6.01. The van der Waals surface area contributed by atoms with Crippen molar-refractivity contribution in [2.24, 2.45) is 34.3 Å². The summed E-state index contributed by atoms with van der Waals surface area (Å²) in [4.78, 5) is 73.3. The summed E-state index contributed by atoms with van der Waals surface area (Å²) in [5, 5.41) is 28.6. The van der Waals surface area contributed by atoms with Crippen molar-refractivity contribution in [2.75, 3.05) is 18.5 Å². The monoisotopic (exact) mass is 844 g/mol. The molecular weight excluding hydrogens is 796 g/mol. The number of allylic oxidation sites excluding steroid dienone is 4. The predicted molar refractivity (Wildman–Crippen MR) is 225 cm³/mol. The number of alkyl halides is 1. The molecule has 2 aromatic heterocycles. The number of pyridine rings is 2. The van der Waals surface area contributed by atoms with Crippen molar-refractivity contribution >= 4 is 45.9 Å². The van der Waals surface area contributed by atoms with E-state index in [-0.39, 0.29) is 42.5 Å². The molecule has 8 rings (SSSR count). The Morgan fingerprint density at radius 1 is 0.984 bits per heavy atom.